The highest BCUT2D eigenvalue weighted by molar-refractivity contribution is 6.05. The Bertz CT molecular complexity index is 959. The third-order valence-electron chi connectivity index (χ3n) is 6.78. The van der Waals surface area contributed by atoms with E-state index in [0.29, 0.717) is 23.1 Å². The van der Waals surface area contributed by atoms with Gasteiger partial charge in [0.2, 0.25) is 0 Å². The van der Waals surface area contributed by atoms with Gasteiger partial charge in [-0.25, -0.2) is 4.68 Å². The van der Waals surface area contributed by atoms with Gasteiger partial charge in [0.15, 0.2) is 5.69 Å². The summed E-state index contributed by atoms with van der Waals surface area (Å²) in [6.45, 7) is 6.55. The van der Waals surface area contributed by atoms with Crippen LogP contribution < -0.4 is 10.9 Å². The number of benzene rings is 1. The topological polar surface area (TPSA) is 73.2 Å². The van der Waals surface area contributed by atoms with Crippen molar-refractivity contribution in [3.05, 3.63) is 40.3 Å². The number of rotatable bonds is 5. The highest BCUT2D eigenvalue weighted by atomic mass is 16.5. The van der Waals surface area contributed by atoms with Gasteiger partial charge in [-0.1, -0.05) is 37.5 Å². The molecule has 0 unspecified atom stereocenters. The van der Waals surface area contributed by atoms with Crippen molar-refractivity contribution in [2.24, 2.45) is 5.41 Å². The summed E-state index contributed by atoms with van der Waals surface area (Å²) in [6.07, 6.45) is 6.91. The molecule has 2 fully saturated rings. The third-order valence-corrected chi connectivity index (χ3v) is 6.78. The molecule has 1 amide bonds. The number of amides is 1. The predicted molar refractivity (Wildman–Crippen MR) is 113 cm³/mol. The lowest BCUT2D eigenvalue weighted by atomic mass is 9.55. The lowest BCUT2D eigenvalue weighted by Gasteiger charge is -2.57. The number of nitrogens with one attached hydrogen (secondary N) is 1. The average Bonchev–Trinajstić information content (AvgIpc) is 2.73. The largest absolute Gasteiger partial charge is 0.378 e. The van der Waals surface area contributed by atoms with Crippen LogP contribution in [0, 0.1) is 5.41 Å². The quantitative estimate of drug-likeness (QED) is 0.832. The molecule has 1 aromatic carbocycles. The highest BCUT2D eigenvalue weighted by Gasteiger charge is 2.56. The minimum Gasteiger partial charge on any atom is -0.378 e. The maximum absolute atomic E-state index is 13.3. The third kappa shape index (κ3) is 3.37. The van der Waals surface area contributed by atoms with Crippen LogP contribution in [0.4, 0.5) is 0 Å². The van der Waals surface area contributed by atoms with Crippen molar-refractivity contribution >= 4 is 16.7 Å². The molecule has 0 aliphatic heterocycles. The lowest BCUT2D eigenvalue weighted by Crippen LogP contribution is -2.65. The summed E-state index contributed by atoms with van der Waals surface area (Å²) in [7, 11) is 0. The molecule has 6 heteroatoms. The highest BCUT2D eigenvalue weighted by Crippen LogP contribution is 2.53. The fraction of sp³-hybridized carbons (Fsp3) is 0.609. The Morgan fingerprint density at radius 1 is 1.24 bits per heavy atom. The second-order valence-electron chi connectivity index (χ2n) is 8.74. The molecule has 0 bridgehead atoms. The van der Waals surface area contributed by atoms with Crippen LogP contribution in [-0.2, 0) is 4.74 Å². The SMILES string of the molecule is CCO[C@@H]1C[C@@H](NC(=O)c2nn(C(C)C)c(=O)c3ccccc23)C12CCCCC2. The number of aromatic nitrogens is 2. The first-order chi connectivity index (χ1) is 14.0. The fourth-order valence-electron chi connectivity index (χ4n) is 5.22. The van der Waals surface area contributed by atoms with Crippen LogP contribution in [0.15, 0.2) is 29.1 Å². The lowest BCUT2D eigenvalue weighted by molar-refractivity contribution is -0.146. The number of carbonyl (C=O) groups is 1. The standard InChI is InChI=1S/C23H31N3O3/c1-4-29-19-14-18(23(19)12-8-5-9-13-23)24-21(27)20-16-10-6-7-11-17(16)22(28)26(25-20)15(2)3/h6-7,10-11,15,18-19H,4-5,8-9,12-14H2,1-3H3,(H,24,27)/t18-,19-/m1/s1. The van der Waals surface area contributed by atoms with Gasteiger partial charge in [0.05, 0.1) is 17.5 Å². The van der Waals surface area contributed by atoms with Crippen molar-refractivity contribution < 1.29 is 9.53 Å². The number of fused-ring (bicyclic) bond motifs is 1. The van der Waals surface area contributed by atoms with Gasteiger partial charge in [0.1, 0.15) is 0 Å². The van der Waals surface area contributed by atoms with E-state index in [1.165, 1.54) is 23.9 Å². The summed E-state index contributed by atoms with van der Waals surface area (Å²) in [5.41, 5.74) is 0.224. The molecular weight excluding hydrogens is 366 g/mol. The molecule has 2 aliphatic carbocycles. The van der Waals surface area contributed by atoms with Crippen molar-refractivity contribution in [3.8, 4) is 0 Å². The van der Waals surface area contributed by atoms with Gasteiger partial charge in [-0.2, -0.15) is 5.10 Å². The summed E-state index contributed by atoms with van der Waals surface area (Å²) >= 11 is 0. The van der Waals surface area contributed by atoms with E-state index in [0.717, 1.165) is 19.3 Å². The van der Waals surface area contributed by atoms with Crippen molar-refractivity contribution in [1.82, 2.24) is 15.1 Å². The first kappa shape index (κ1) is 20.1. The molecule has 6 nitrogen and oxygen atoms in total. The van der Waals surface area contributed by atoms with Gasteiger partial charge in [0.25, 0.3) is 11.5 Å². The van der Waals surface area contributed by atoms with Crippen LogP contribution in [0.1, 0.15) is 75.8 Å². The Morgan fingerprint density at radius 2 is 1.93 bits per heavy atom. The van der Waals surface area contributed by atoms with Crippen molar-refractivity contribution in [2.75, 3.05) is 6.61 Å². The Balaban J connectivity index is 1.66. The van der Waals surface area contributed by atoms with E-state index in [-0.39, 0.29) is 35.1 Å². The van der Waals surface area contributed by atoms with Gasteiger partial charge >= 0.3 is 0 Å². The molecule has 0 radical (unpaired) electrons. The normalized spacial score (nSPS) is 23.3. The molecule has 1 heterocycles. The number of hydrogen-bond donors (Lipinski definition) is 1. The van der Waals surface area contributed by atoms with Gasteiger partial charge in [-0.15, -0.1) is 0 Å². The van der Waals surface area contributed by atoms with Crippen molar-refractivity contribution in [2.45, 2.75) is 77.5 Å². The van der Waals surface area contributed by atoms with Gasteiger partial charge in [-0.05, 0) is 46.1 Å². The molecule has 2 saturated carbocycles. The maximum Gasteiger partial charge on any atom is 0.274 e. The zero-order chi connectivity index (χ0) is 20.6. The maximum atomic E-state index is 13.3. The Morgan fingerprint density at radius 3 is 2.59 bits per heavy atom. The molecule has 1 spiro atoms. The van der Waals surface area contributed by atoms with Crippen LogP contribution in [-0.4, -0.2) is 34.4 Å². The predicted octanol–water partition coefficient (Wildman–Crippen LogP) is 3.84. The number of hydrogen-bond acceptors (Lipinski definition) is 4. The van der Waals surface area contributed by atoms with Gasteiger partial charge in [-0.3, -0.25) is 9.59 Å². The van der Waals surface area contributed by atoms with Crippen LogP contribution in [0.3, 0.4) is 0 Å². The van der Waals surface area contributed by atoms with Gasteiger partial charge in [0, 0.05) is 23.4 Å². The Hall–Kier alpha value is -2.21. The molecule has 2 atom stereocenters. The van der Waals surface area contributed by atoms with E-state index < -0.39 is 0 Å². The summed E-state index contributed by atoms with van der Waals surface area (Å²) < 4.78 is 7.43. The van der Waals surface area contributed by atoms with E-state index in [2.05, 4.69) is 10.4 Å². The van der Waals surface area contributed by atoms with E-state index in [9.17, 15) is 9.59 Å². The zero-order valence-corrected chi connectivity index (χ0v) is 17.6. The molecule has 29 heavy (non-hydrogen) atoms. The second kappa shape index (κ2) is 7.90. The van der Waals surface area contributed by atoms with E-state index in [4.69, 9.17) is 4.74 Å². The number of carbonyl (C=O) groups excluding carboxylic acids is 1. The van der Waals surface area contributed by atoms with Crippen molar-refractivity contribution in [1.29, 1.82) is 0 Å². The summed E-state index contributed by atoms with van der Waals surface area (Å²) in [6, 6.07) is 7.24. The second-order valence-corrected chi connectivity index (χ2v) is 8.74. The van der Waals surface area contributed by atoms with E-state index in [1.54, 1.807) is 6.07 Å². The number of nitrogens with zero attached hydrogens (tertiary/aromatic N) is 2. The zero-order valence-electron chi connectivity index (χ0n) is 17.6. The minimum atomic E-state index is -0.194. The van der Waals surface area contributed by atoms with Crippen LogP contribution in [0.5, 0.6) is 0 Å². The monoisotopic (exact) mass is 397 g/mol. The molecule has 0 saturated heterocycles. The van der Waals surface area contributed by atoms with Gasteiger partial charge < -0.3 is 10.1 Å². The number of ether oxygens (including phenoxy) is 1. The first-order valence-electron chi connectivity index (χ1n) is 10.9. The minimum absolute atomic E-state index is 0.0478. The molecular formula is C23H31N3O3. The summed E-state index contributed by atoms with van der Waals surface area (Å²) in [5, 5.41) is 8.88. The van der Waals surface area contributed by atoms with Crippen LogP contribution >= 0.6 is 0 Å². The average molecular weight is 398 g/mol. The molecule has 156 valence electrons. The summed E-state index contributed by atoms with van der Waals surface area (Å²) in [4.78, 5) is 26.1. The van der Waals surface area contributed by atoms with Crippen molar-refractivity contribution in [3.63, 3.8) is 0 Å². The fourth-order valence-corrected chi connectivity index (χ4v) is 5.22. The smallest absolute Gasteiger partial charge is 0.274 e. The molecule has 1 aromatic heterocycles. The molecule has 1 N–H and O–H groups in total. The molecule has 2 aromatic rings. The van der Waals surface area contributed by atoms with E-state index >= 15 is 0 Å². The Kier molecular flexibility index (Phi) is 5.47. The molecule has 4 rings (SSSR count). The van der Waals surface area contributed by atoms with E-state index in [1.807, 2.05) is 39.0 Å². The van der Waals surface area contributed by atoms with Crippen LogP contribution in [0.2, 0.25) is 0 Å². The first-order valence-corrected chi connectivity index (χ1v) is 10.9. The Labute approximate surface area is 171 Å². The van der Waals surface area contributed by atoms with Crippen LogP contribution in [0.25, 0.3) is 10.8 Å². The molecule has 2 aliphatic rings. The summed E-state index contributed by atoms with van der Waals surface area (Å²) in [5.74, 6) is -0.194.